The molecular formula is C69H42N4O2. The van der Waals surface area contributed by atoms with Crippen molar-refractivity contribution in [3.05, 3.63) is 255 Å². The fourth-order valence-electron chi connectivity index (χ4n) is 11.1. The van der Waals surface area contributed by atoms with E-state index in [-0.39, 0.29) is 0 Å². The molecule has 0 amide bonds. The van der Waals surface area contributed by atoms with Gasteiger partial charge in [0, 0.05) is 49.4 Å². The van der Waals surface area contributed by atoms with Crippen molar-refractivity contribution in [3.63, 3.8) is 0 Å². The first-order chi connectivity index (χ1) is 37.2. The molecule has 0 N–H and O–H groups in total. The van der Waals surface area contributed by atoms with Gasteiger partial charge in [-0.2, -0.15) is 0 Å². The smallest absolute Gasteiger partial charge is 0.164 e. The zero-order valence-corrected chi connectivity index (χ0v) is 40.4. The molecule has 4 aromatic heterocycles. The summed E-state index contributed by atoms with van der Waals surface area (Å²) in [5, 5.41) is 6.27. The second kappa shape index (κ2) is 17.3. The Morgan fingerprint density at radius 3 is 1.43 bits per heavy atom. The van der Waals surface area contributed by atoms with E-state index >= 15 is 0 Å². The van der Waals surface area contributed by atoms with E-state index in [0.29, 0.717) is 17.5 Å². The molecule has 0 atom stereocenters. The van der Waals surface area contributed by atoms with Gasteiger partial charge in [-0.15, -0.1) is 0 Å². The average Bonchev–Trinajstić information content (AvgIpc) is 4.18. The Morgan fingerprint density at radius 2 is 0.747 bits per heavy atom. The predicted molar refractivity (Wildman–Crippen MR) is 307 cm³/mol. The Kier molecular flexibility index (Phi) is 9.78. The normalized spacial score (nSPS) is 11.7. The summed E-state index contributed by atoms with van der Waals surface area (Å²) in [5.41, 5.74) is 17.7. The molecule has 0 spiro atoms. The van der Waals surface area contributed by atoms with Crippen LogP contribution in [0.4, 0.5) is 0 Å². The van der Waals surface area contributed by atoms with Crippen LogP contribution >= 0.6 is 0 Å². The summed E-state index contributed by atoms with van der Waals surface area (Å²) in [4.78, 5) is 16.0. The zero-order chi connectivity index (χ0) is 49.4. The number of hydrogen-bond donors (Lipinski definition) is 0. The largest absolute Gasteiger partial charge is 0.455 e. The molecule has 0 fully saturated rings. The summed E-state index contributed by atoms with van der Waals surface area (Å²) in [6, 6.07) is 89.2. The van der Waals surface area contributed by atoms with E-state index in [4.69, 9.17) is 23.8 Å². The van der Waals surface area contributed by atoms with Crippen molar-refractivity contribution < 1.29 is 8.83 Å². The molecule has 0 aliphatic carbocycles. The lowest BCUT2D eigenvalue weighted by Crippen LogP contribution is -2.04. The molecule has 75 heavy (non-hydrogen) atoms. The third-order valence-corrected chi connectivity index (χ3v) is 14.7. The van der Waals surface area contributed by atoms with Crippen molar-refractivity contribution in [1.82, 2.24) is 19.5 Å². The Morgan fingerprint density at radius 1 is 0.267 bits per heavy atom. The number of hydrogen-bond acceptors (Lipinski definition) is 5. The quantitative estimate of drug-likeness (QED) is 0.152. The summed E-state index contributed by atoms with van der Waals surface area (Å²) in [6.45, 7) is 0. The first-order valence-electron chi connectivity index (χ1n) is 25.2. The molecule has 0 saturated carbocycles. The van der Waals surface area contributed by atoms with Crippen LogP contribution in [0.1, 0.15) is 0 Å². The van der Waals surface area contributed by atoms with Crippen LogP contribution in [0.5, 0.6) is 0 Å². The summed E-state index contributed by atoms with van der Waals surface area (Å²) in [7, 11) is 0. The monoisotopic (exact) mass is 958 g/mol. The molecule has 15 rings (SSSR count). The van der Waals surface area contributed by atoms with Crippen LogP contribution in [0, 0.1) is 0 Å². The van der Waals surface area contributed by atoms with Gasteiger partial charge >= 0.3 is 0 Å². The molecule has 11 aromatic carbocycles. The third-order valence-electron chi connectivity index (χ3n) is 14.7. The van der Waals surface area contributed by atoms with E-state index in [1.807, 2.05) is 24.3 Å². The number of fused-ring (bicyclic) bond motifs is 11. The first kappa shape index (κ1) is 42.5. The topological polar surface area (TPSA) is 69.9 Å². The van der Waals surface area contributed by atoms with Crippen molar-refractivity contribution >= 4 is 65.7 Å². The fraction of sp³-hybridized carbons (Fsp3) is 0. The molecule has 15 aromatic rings. The van der Waals surface area contributed by atoms with Gasteiger partial charge in [0.1, 0.15) is 22.3 Å². The van der Waals surface area contributed by atoms with E-state index in [9.17, 15) is 0 Å². The van der Waals surface area contributed by atoms with Gasteiger partial charge in [0.15, 0.2) is 17.5 Å². The molecule has 0 aliphatic rings. The molecule has 0 saturated heterocycles. The minimum atomic E-state index is 0.566. The molecule has 0 unspecified atom stereocenters. The number of aromatic nitrogens is 4. The van der Waals surface area contributed by atoms with Gasteiger partial charge < -0.3 is 13.4 Å². The highest BCUT2D eigenvalue weighted by atomic mass is 16.3. The Bertz CT molecular complexity index is 4610. The zero-order valence-electron chi connectivity index (χ0n) is 40.4. The van der Waals surface area contributed by atoms with Crippen LogP contribution in [0.25, 0.3) is 150 Å². The van der Waals surface area contributed by atoms with Crippen molar-refractivity contribution in [2.75, 3.05) is 0 Å². The molecule has 350 valence electrons. The van der Waals surface area contributed by atoms with E-state index in [1.165, 1.54) is 0 Å². The summed E-state index contributed by atoms with van der Waals surface area (Å²) in [6.07, 6.45) is 0. The molecule has 0 radical (unpaired) electrons. The molecule has 0 bridgehead atoms. The molecule has 0 aliphatic heterocycles. The predicted octanol–water partition coefficient (Wildman–Crippen LogP) is 18.4. The SMILES string of the molecule is c1ccc(-c2ccc(-c3nc(-c4cccc(-c5ccccc5)c4)nc(-c4cc(-c5ccccc5)c(-n5c6ccccc6c6c7oc8ccc9c%10ccccc%10oc9c8c7ccc65)c(-c5ccccc5)c4)n3)cc2)cc1. The molecule has 4 heterocycles. The van der Waals surface area contributed by atoms with Gasteiger partial charge in [0.2, 0.25) is 0 Å². The standard InChI is InChI=1S/C69H42N4O2/c1-5-18-43(19-6-1)45-32-34-48(35-33-45)67-70-68(50-27-17-26-49(40-50)44-20-7-2-8-21-44)72-69(71-67)51-41-56(46-22-9-3-10-23-46)64(57(42-51)47-24-11-4-12-25-47)73-58-30-15-13-29-54(58)62-59(73)38-36-55-63-61(75-66(55)62)39-37-53-52-28-14-16-31-60(52)74-65(53)63/h1-42H. The number of rotatable bonds is 8. The van der Waals surface area contributed by atoms with Crippen LogP contribution in [0.15, 0.2) is 264 Å². The number of benzene rings is 11. The lowest BCUT2D eigenvalue weighted by atomic mass is 9.92. The van der Waals surface area contributed by atoms with Crippen LogP contribution in [0.3, 0.4) is 0 Å². The van der Waals surface area contributed by atoms with Gasteiger partial charge in [0.05, 0.1) is 27.5 Å². The van der Waals surface area contributed by atoms with Crippen molar-refractivity contribution in [2.45, 2.75) is 0 Å². The maximum absolute atomic E-state index is 6.99. The summed E-state index contributed by atoms with van der Waals surface area (Å²) in [5.74, 6) is 1.74. The van der Waals surface area contributed by atoms with Crippen LogP contribution < -0.4 is 0 Å². The van der Waals surface area contributed by atoms with E-state index in [0.717, 1.165) is 133 Å². The second-order valence-electron chi connectivity index (χ2n) is 19.1. The number of nitrogens with zero attached hydrogens (tertiary/aromatic N) is 4. The average molecular weight is 959 g/mol. The fourth-order valence-corrected chi connectivity index (χ4v) is 11.1. The number of furan rings is 2. The lowest BCUT2D eigenvalue weighted by Gasteiger charge is -2.21. The van der Waals surface area contributed by atoms with Crippen molar-refractivity contribution in [1.29, 1.82) is 0 Å². The first-order valence-corrected chi connectivity index (χ1v) is 25.2. The van der Waals surface area contributed by atoms with Gasteiger partial charge in [-0.25, -0.2) is 15.0 Å². The van der Waals surface area contributed by atoms with Gasteiger partial charge in [-0.1, -0.05) is 200 Å². The van der Waals surface area contributed by atoms with Crippen LogP contribution in [0.2, 0.25) is 0 Å². The maximum Gasteiger partial charge on any atom is 0.164 e. The van der Waals surface area contributed by atoms with E-state index < -0.39 is 0 Å². The minimum Gasteiger partial charge on any atom is -0.455 e. The highest BCUT2D eigenvalue weighted by Gasteiger charge is 2.26. The molecule has 6 nitrogen and oxygen atoms in total. The minimum absolute atomic E-state index is 0.566. The summed E-state index contributed by atoms with van der Waals surface area (Å²) < 4.78 is 16.0. The lowest BCUT2D eigenvalue weighted by molar-refractivity contribution is 0.665. The second-order valence-corrected chi connectivity index (χ2v) is 19.1. The molecular weight excluding hydrogens is 917 g/mol. The van der Waals surface area contributed by atoms with Crippen LogP contribution in [-0.2, 0) is 0 Å². The molecule has 6 heteroatoms. The maximum atomic E-state index is 6.99. The van der Waals surface area contributed by atoms with E-state index in [2.05, 4.69) is 235 Å². The van der Waals surface area contributed by atoms with Gasteiger partial charge in [-0.05, 0) is 88.0 Å². The Labute approximate surface area is 431 Å². The number of para-hydroxylation sites is 2. The highest BCUT2D eigenvalue weighted by molar-refractivity contribution is 6.29. The van der Waals surface area contributed by atoms with Crippen molar-refractivity contribution in [2.24, 2.45) is 0 Å². The van der Waals surface area contributed by atoms with Gasteiger partial charge in [-0.3, -0.25) is 0 Å². The summed E-state index contributed by atoms with van der Waals surface area (Å²) >= 11 is 0. The van der Waals surface area contributed by atoms with E-state index in [1.54, 1.807) is 0 Å². The van der Waals surface area contributed by atoms with Crippen LogP contribution in [-0.4, -0.2) is 19.5 Å². The third kappa shape index (κ3) is 7.07. The highest BCUT2D eigenvalue weighted by Crippen LogP contribution is 2.48. The Balaban J connectivity index is 0.995. The van der Waals surface area contributed by atoms with Crippen molar-refractivity contribution in [3.8, 4) is 84.4 Å². The Hall–Kier alpha value is -10.2. The van der Waals surface area contributed by atoms with Gasteiger partial charge in [0.25, 0.3) is 0 Å².